The minimum Gasteiger partial charge on any atom is -0.352 e. The Hall–Kier alpha value is -2.22. The van der Waals surface area contributed by atoms with Gasteiger partial charge in [-0.25, -0.2) is 0 Å². The van der Waals surface area contributed by atoms with Crippen molar-refractivity contribution in [1.29, 1.82) is 0 Å². The molecule has 0 aromatic heterocycles. The summed E-state index contributed by atoms with van der Waals surface area (Å²) in [4.78, 5) is 39.6. The molecule has 1 aliphatic carbocycles. The number of benzene rings is 1. The van der Waals surface area contributed by atoms with Crippen LogP contribution in [-0.4, -0.2) is 56.0 Å². The number of rotatable bonds is 8. The van der Waals surface area contributed by atoms with Crippen LogP contribution in [0, 0.1) is 6.92 Å². The van der Waals surface area contributed by atoms with Gasteiger partial charge in [-0.2, -0.15) is 0 Å². The highest BCUT2D eigenvalue weighted by Crippen LogP contribution is 2.21. The average Bonchev–Trinajstić information content (AvgIpc) is 2.69. The van der Waals surface area contributed by atoms with E-state index in [0.29, 0.717) is 5.69 Å². The van der Waals surface area contributed by atoms with Gasteiger partial charge in [0.2, 0.25) is 17.7 Å². The van der Waals surface area contributed by atoms with Gasteiger partial charge in [0.05, 0.1) is 0 Å². The van der Waals surface area contributed by atoms with Crippen molar-refractivity contribution in [2.45, 2.75) is 84.3 Å². The number of carbonyl (C=O) groups is 3. The van der Waals surface area contributed by atoms with Crippen molar-refractivity contribution in [3.05, 3.63) is 29.8 Å². The van der Waals surface area contributed by atoms with E-state index in [9.17, 15) is 18.6 Å². The molecule has 0 aliphatic heterocycles. The Morgan fingerprint density at radius 3 is 2.22 bits per heavy atom. The molecule has 0 radical (unpaired) electrons. The lowest BCUT2D eigenvalue weighted by atomic mass is 9.95. The van der Waals surface area contributed by atoms with Crippen LogP contribution in [-0.2, 0) is 25.2 Å². The molecule has 8 heteroatoms. The van der Waals surface area contributed by atoms with Gasteiger partial charge in [0.15, 0.2) is 0 Å². The monoisotopic (exact) mass is 463 g/mol. The maximum absolute atomic E-state index is 13.0. The van der Waals surface area contributed by atoms with Gasteiger partial charge in [-0.15, -0.1) is 0 Å². The summed E-state index contributed by atoms with van der Waals surface area (Å²) >= 11 is 0. The summed E-state index contributed by atoms with van der Waals surface area (Å²) in [6.45, 7) is 9.20. The number of aryl methyl sites for hydroxylation is 1. The fraction of sp³-hybridized carbons (Fsp3) is 0.625. The average molecular weight is 464 g/mol. The molecule has 2 atom stereocenters. The van der Waals surface area contributed by atoms with Crippen LogP contribution >= 0.6 is 0 Å². The molecule has 3 amide bonds. The second-order valence-corrected chi connectivity index (χ2v) is 11.1. The molecular weight excluding hydrogens is 426 g/mol. The van der Waals surface area contributed by atoms with Gasteiger partial charge in [0.1, 0.15) is 17.5 Å². The van der Waals surface area contributed by atoms with Gasteiger partial charge in [0, 0.05) is 28.1 Å². The molecule has 1 aromatic carbocycles. The summed E-state index contributed by atoms with van der Waals surface area (Å²) < 4.78 is 12.6. The van der Waals surface area contributed by atoms with Crippen molar-refractivity contribution in [3.8, 4) is 0 Å². The highest BCUT2D eigenvalue weighted by molar-refractivity contribution is 7.86. The standard InChI is InChI=1S/C24H37N3O4S/c1-17-11-13-20(14-12-17)25-21(28)15-32(31)16-22(29)27(24(3,4)5)18(2)23(30)26-19-9-7-6-8-10-19/h11-14,18-19H,6-10,15-16H2,1-5H3,(H,25,28)(H,26,30). The summed E-state index contributed by atoms with van der Waals surface area (Å²) in [5.74, 6) is -1.58. The Morgan fingerprint density at radius 2 is 1.66 bits per heavy atom. The molecule has 7 nitrogen and oxygen atoms in total. The third kappa shape index (κ3) is 8.04. The highest BCUT2D eigenvalue weighted by Gasteiger charge is 2.36. The molecule has 2 rings (SSSR count). The Labute approximate surface area is 194 Å². The molecule has 0 spiro atoms. The minimum absolute atomic E-state index is 0.148. The third-order valence-electron chi connectivity index (χ3n) is 5.62. The maximum atomic E-state index is 13.0. The van der Waals surface area contributed by atoms with E-state index in [1.807, 2.05) is 39.8 Å². The molecule has 32 heavy (non-hydrogen) atoms. The molecule has 2 unspecified atom stereocenters. The van der Waals surface area contributed by atoms with Crippen LogP contribution in [0.2, 0.25) is 0 Å². The van der Waals surface area contributed by atoms with Crippen LogP contribution in [0.5, 0.6) is 0 Å². The van der Waals surface area contributed by atoms with Crippen molar-refractivity contribution >= 4 is 34.2 Å². The lowest BCUT2D eigenvalue weighted by molar-refractivity contribution is -0.143. The molecule has 1 saturated carbocycles. The molecule has 2 N–H and O–H groups in total. The number of nitrogens with one attached hydrogen (secondary N) is 2. The Balaban J connectivity index is 1.95. The van der Waals surface area contributed by atoms with Gasteiger partial charge in [-0.05, 0) is 59.6 Å². The van der Waals surface area contributed by atoms with Crippen molar-refractivity contribution in [2.24, 2.45) is 0 Å². The molecule has 0 heterocycles. The zero-order chi connectivity index (χ0) is 23.9. The number of hydrogen-bond donors (Lipinski definition) is 2. The van der Waals surface area contributed by atoms with Crippen molar-refractivity contribution in [1.82, 2.24) is 10.2 Å². The third-order valence-corrected chi connectivity index (χ3v) is 6.77. The van der Waals surface area contributed by atoms with Crippen molar-refractivity contribution in [2.75, 3.05) is 16.8 Å². The van der Waals surface area contributed by atoms with E-state index in [4.69, 9.17) is 0 Å². The molecular formula is C24H37N3O4S. The molecule has 1 aliphatic rings. The van der Waals surface area contributed by atoms with E-state index in [1.165, 1.54) is 11.3 Å². The topological polar surface area (TPSA) is 95.6 Å². The van der Waals surface area contributed by atoms with E-state index in [-0.39, 0.29) is 23.5 Å². The first-order valence-corrected chi connectivity index (χ1v) is 12.8. The van der Waals surface area contributed by atoms with Crippen molar-refractivity contribution < 1.29 is 18.6 Å². The SMILES string of the molecule is Cc1ccc(NC(=O)CS(=O)CC(=O)N(C(C)C(=O)NC2CCCCC2)C(C)(C)C)cc1. The lowest BCUT2D eigenvalue weighted by Gasteiger charge is -2.40. The highest BCUT2D eigenvalue weighted by atomic mass is 32.2. The first kappa shape index (κ1) is 26.0. The number of anilines is 1. The first-order valence-electron chi connectivity index (χ1n) is 11.3. The Morgan fingerprint density at radius 1 is 1.06 bits per heavy atom. The maximum Gasteiger partial charge on any atom is 0.242 e. The number of nitrogens with zero attached hydrogens (tertiary/aromatic N) is 1. The summed E-state index contributed by atoms with van der Waals surface area (Å²) in [6.07, 6.45) is 5.32. The van der Waals surface area contributed by atoms with E-state index in [2.05, 4.69) is 10.6 Å². The normalized spacial score (nSPS) is 16.7. The van der Waals surface area contributed by atoms with Gasteiger partial charge >= 0.3 is 0 Å². The van der Waals surface area contributed by atoms with E-state index in [1.54, 1.807) is 19.1 Å². The summed E-state index contributed by atoms with van der Waals surface area (Å²) in [5, 5.41) is 5.77. The molecule has 178 valence electrons. The minimum atomic E-state index is -1.68. The van der Waals surface area contributed by atoms with Crippen LogP contribution in [0.4, 0.5) is 5.69 Å². The largest absolute Gasteiger partial charge is 0.352 e. The molecule has 0 bridgehead atoms. The van der Waals surface area contributed by atoms with E-state index < -0.39 is 34.2 Å². The van der Waals surface area contributed by atoms with Crippen LogP contribution in [0.25, 0.3) is 0 Å². The summed E-state index contributed by atoms with van der Waals surface area (Å²) in [5.41, 5.74) is 1.06. The summed E-state index contributed by atoms with van der Waals surface area (Å²) in [6, 6.07) is 6.75. The molecule has 1 aromatic rings. The zero-order valence-electron chi connectivity index (χ0n) is 19.9. The van der Waals surface area contributed by atoms with Crippen LogP contribution < -0.4 is 10.6 Å². The Bertz CT molecular complexity index is 827. The van der Waals surface area contributed by atoms with E-state index in [0.717, 1.165) is 31.2 Å². The summed E-state index contributed by atoms with van der Waals surface area (Å²) in [7, 11) is -1.68. The fourth-order valence-corrected chi connectivity index (χ4v) is 4.98. The predicted octanol–water partition coefficient (Wildman–Crippen LogP) is 3.15. The Kier molecular flexibility index (Phi) is 9.43. The van der Waals surface area contributed by atoms with Crippen LogP contribution in [0.15, 0.2) is 24.3 Å². The van der Waals surface area contributed by atoms with Gasteiger partial charge in [-0.3, -0.25) is 18.6 Å². The molecule has 0 saturated heterocycles. The second kappa shape index (κ2) is 11.6. The fourth-order valence-electron chi connectivity index (χ4n) is 4.10. The first-order chi connectivity index (χ1) is 15.0. The smallest absolute Gasteiger partial charge is 0.242 e. The quantitative estimate of drug-likeness (QED) is 0.619. The van der Waals surface area contributed by atoms with Crippen molar-refractivity contribution in [3.63, 3.8) is 0 Å². The number of carbonyl (C=O) groups excluding carboxylic acids is 3. The van der Waals surface area contributed by atoms with E-state index >= 15 is 0 Å². The number of amides is 3. The van der Waals surface area contributed by atoms with Crippen LogP contribution in [0.3, 0.4) is 0 Å². The number of hydrogen-bond acceptors (Lipinski definition) is 4. The van der Waals surface area contributed by atoms with Crippen LogP contribution in [0.1, 0.15) is 65.4 Å². The zero-order valence-corrected chi connectivity index (χ0v) is 20.7. The van der Waals surface area contributed by atoms with Gasteiger partial charge < -0.3 is 15.5 Å². The van der Waals surface area contributed by atoms with Gasteiger partial charge in [0.25, 0.3) is 0 Å². The molecule has 1 fully saturated rings. The lowest BCUT2D eigenvalue weighted by Crippen LogP contribution is -2.58. The predicted molar refractivity (Wildman–Crippen MR) is 129 cm³/mol. The second-order valence-electron chi connectivity index (χ2n) is 9.60. The van der Waals surface area contributed by atoms with Gasteiger partial charge in [-0.1, -0.05) is 37.0 Å².